The number of hydrogen-bond acceptors (Lipinski definition) is 6. The van der Waals surface area contributed by atoms with Gasteiger partial charge in [-0.25, -0.2) is 4.79 Å². The largest absolute Gasteiger partial charge is 0.462 e. The van der Waals surface area contributed by atoms with Crippen LogP contribution < -0.4 is 15.5 Å². The van der Waals surface area contributed by atoms with Gasteiger partial charge in [-0.2, -0.15) is 0 Å². The van der Waals surface area contributed by atoms with E-state index in [1.807, 2.05) is 44.4 Å². The Kier molecular flexibility index (Phi) is 9.03. The van der Waals surface area contributed by atoms with Crippen molar-refractivity contribution < 1.29 is 19.1 Å². The van der Waals surface area contributed by atoms with Crippen LogP contribution in [0.5, 0.6) is 0 Å². The molecule has 8 nitrogen and oxygen atoms in total. The van der Waals surface area contributed by atoms with Crippen LogP contribution >= 0.6 is 0 Å². The molecular weight excluding hydrogens is 444 g/mol. The van der Waals surface area contributed by atoms with Crippen molar-refractivity contribution in [1.82, 2.24) is 4.90 Å². The number of esters is 1. The van der Waals surface area contributed by atoms with Crippen LogP contribution in [-0.4, -0.2) is 63.0 Å². The van der Waals surface area contributed by atoms with Crippen molar-refractivity contribution in [3.8, 4) is 0 Å². The van der Waals surface area contributed by atoms with E-state index in [0.29, 0.717) is 42.9 Å². The second kappa shape index (κ2) is 12.2. The molecule has 3 rings (SSSR count). The highest BCUT2D eigenvalue weighted by Gasteiger charge is 2.25. The molecule has 1 aliphatic rings. The van der Waals surface area contributed by atoms with Crippen molar-refractivity contribution in [2.75, 3.05) is 55.9 Å². The molecule has 0 radical (unpaired) electrons. The summed E-state index contributed by atoms with van der Waals surface area (Å²) in [5, 5.41) is 6.17. The molecule has 0 atom stereocenters. The molecule has 35 heavy (non-hydrogen) atoms. The zero-order chi connectivity index (χ0) is 25.4. The average molecular weight is 479 g/mol. The molecule has 1 aliphatic heterocycles. The van der Waals surface area contributed by atoms with Crippen LogP contribution in [0.15, 0.2) is 48.5 Å². The number of fused-ring (bicyclic) bond motifs is 1. The van der Waals surface area contributed by atoms with E-state index in [1.54, 1.807) is 36.9 Å². The molecule has 0 fully saturated rings. The summed E-state index contributed by atoms with van der Waals surface area (Å²) in [4.78, 5) is 40.3. The number of rotatable bonds is 11. The molecule has 0 saturated heterocycles. The van der Waals surface area contributed by atoms with E-state index >= 15 is 0 Å². The summed E-state index contributed by atoms with van der Waals surface area (Å²) in [6.45, 7) is 5.89. The number of carbonyl (C=O) groups is 3. The van der Waals surface area contributed by atoms with E-state index in [1.165, 1.54) is 0 Å². The van der Waals surface area contributed by atoms with Gasteiger partial charge < -0.3 is 25.2 Å². The number of ether oxygens (including phenoxy) is 1. The zero-order valence-electron chi connectivity index (χ0n) is 20.9. The Hall–Kier alpha value is -3.65. The summed E-state index contributed by atoms with van der Waals surface area (Å²) in [5.74, 6) is -0.554. The first-order valence-corrected chi connectivity index (χ1v) is 11.9. The number of nitrogens with zero attached hydrogens (tertiary/aromatic N) is 2. The van der Waals surface area contributed by atoms with Crippen LogP contribution in [0, 0.1) is 0 Å². The minimum Gasteiger partial charge on any atom is -0.462 e. The van der Waals surface area contributed by atoms with Crippen LogP contribution in [0.2, 0.25) is 0 Å². The normalized spacial score (nSPS) is 13.5. The molecule has 2 N–H and O–H groups in total. The van der Waals surface area contributed by atoms with Crippen molar-refractivity contribution in [2.24, 2.45) is 0 Å². The predicted octanol–water partition coefficient (Wildman–Crippen LogP) is 4.01. The summed E-state index contributed by atoms with van der Waals surface area (Å²) in [5.41, 5.74) is 4.24. The van der Waals surface area contributed by atoms with Gasteiger partial charge in [-0.1, -0.05) is 12.1 Å². The SMILES string of the molecule is CCOC(=O)c1ccc2c(c1)NC(=O)/C2=C\CCNc1ccc(N(CCCN(C)C)C(C)=O)cc1. The molecular formula is C27H34N4O4. The predicted molar refractivity (Wildman–Crippen MR) is 140 cm³/mol. The van der Waals surface area contributed by atoms with Crippen molar-refractivity contribution in [1.29, 1.82) is 0 Å². The van der Waals surface area contributed by atoms with Gasteiger partial charge in [0, 0.05) is 48.2 Å². The summed E-state index contributed by atoms with van der Waals surface area (Å²) in [7, 11) is 4.04. The monoisotopic (exact) mass is 478 g/mol. The third-order valence-corrected chi connectivity index (χ3v) is 5.68. The Balaban J connectivity index is 1.56. The number of benzene rings is 2. The number of amides is 2. The van der Waals surface area contributed by atoms with Gasteiger partial charge in [0.05, 0.1) is 12.2 Å². The fraction of sp³-hybridized carbons (Fsp3) is 0.370. The van der Waals surface area contributed by atoms with Gasteiger partial charge in [0.1, 0.15) is 0 Å². The number of anilines is 3. The lowest BCUT2D eigenvalue weighted by molar-refractivity contribution is -0.116. The molecule has 1 heterocycles. The van der Waals surface area contributed by atoms with Gasteiger partial charge in [-0.05, 0) is 76.8 Å². The van der Waals surface area contributed by atoms with Crippen molar-refractivity contribution >= 4 is 40.4 Å². The molecule has 0 saturated carbocycles. The van der Waals surface area contributed by atoms with E-state index < -0.39 is 5.97 Å². The van der Waals surface area contributed by atoms with Gasteiger partial charge in [-0.3, -0.25) is 9.59 Å². The van der Waals surface area contributed by atoms with Gasteiger partial charge in [-0.15, -0.1) is 0 Å². The minimum atomic E-state index is -0.405. The smallest absolute Gasteiger partial charge is 0.338 e. The summed E-state index contributed by atoms with van der Waals surface area (Å²) in [6.07, 6.45) is 3.45. The summed E-state index contributed by atoms with van der Waals surface area (Å²) < 4.78 is 5.03. The Bertz CT molecular complexity index is 1090. The van der Waals surface area contributed by atoms with E-state index in [2.05, 4.69) is 15.5 Å². The summed E-state index contributed by atoms with van der Waals surface area (Å²) in [6, 6.07) is 12.9. The molecule has 8 heteroatoms. The first kappa shape index (κ1) is 26.0. The molecule has 186 valence electrons. The topological polar surface area (TPSA) is 91.0 Å². The molecule has 2 aromatic carbocycles. The molecule has 0 unspecified atom stereocenters. The number of carbonyl (C=O) groups excluding carboxylic acids is 3. The molecule has 2 aromatic rings. The Labute approximate surface area is 206 Å². The highest BCUT2D eigenvalue weighted by atomic mass is 16.5. The van der Waals surface area contributed by atoms with Gasteiger partial charge in [0.25, 0.3) is 5.91 Å². The van der Waals surface area contributed by atoms with E-state index in [-0.39, 0.29) is 11.8 Å². The Morgan fingerprint density at radius 3 is 2.49 bits per heavy atom. The van der Waals surface area contributed by atoms with Crippen LogP contribution in [-0.2, 0) is 14.3 Å². The molecule has 0 aromatic heterocycles. The third kappa shape index (κ3) is 6.93. The fourth-order valence-electron chi connectivity index (χ4n) is 3.94. The Morgan fingerprint density at radius 1 is 1.09 bits per heavy atom. The molecule has 0 spiro atoms. The first-order valence-electron chi connectivity index (χ1n) is 11.9. The molecule has 0 aliphatic carbocycles. The second-order valence-electron chi connectivity index (χ2n) is 8.64. The van der Waals surface area contributed by atoms with E-state index in [4.69, 9.17) is 4.74 Å². The quantitative estimate of drug-likeness (QED) is 0.288. The maximum atomic E-state index is 12.4. The van der Waals surface area contributed by atoms with Crippen molar-refractivity contribution in [3.05, 3.63) is 59.7 Å². The average Bonchev–Trinajstić information content (AvgIpc) is 3.14. The highest BCUT2D eigenvalue weighted by molar-refractivity contribution is 6.31. The Morgan fingerprint density at radius 2 is 1.83 bits per heavy atom. The second-order valence-corrected chi connectivity index (χ2v) is 8.64. The lowest BCUT2D eigenvalue weighted by Gasteiger charge is -2.22. The maximum Gasteiger partial charge on any atom is 0.338 e. The van der Waals surface area contributed by atoms with Gasteiger partial charge >= 0.3 is 5.97 Å². The minimum absolute atomic E-state index is 0.0283. The van der Waals surface area contributed by atoms with Crippen LogP contribution in [0.4, 0.5) is 17.1 Å². The van der Waals surface area contributed by atoms with Crippen molar-refractivity contribution in [2.45, 2.75) is 26.7 Å². The van der Waals surface area contributed by atoms with Gasteiger partial charge in [0.2, 0.25) is 5.91 Å². The highest BCUT2D eigenvalue weighted by Crippen LogP contribution is 2.33. The number of hydrogen-bond donors (Lipinski definition) is 2. The van der Waals surface area contributed by atoms with E-state index in [9.17, 15) is 14.4 Å². The summed E-state index contributed by atoms with van der Waals surface area (Å²) >= 11 is 0. The van der Waals surface area contributed by atoms with Crippen LogP contribution in [0.3, 0.4) is 0 Å². The maximum absolute atomic E-state index is 12.4. The third-order valence-electron chi connectivity index (χ3n) is 5.68. The van der Waals surface area contributed by atoms with Crippen LogP contribution in [0.1, 0.15) is 42.6 Å². The van der Waals surface area contributed by atoms with E-state index in [0.717, 1.165) is 29.9 Å². The zero-order valence-corrected chi connectivity index (χ0v) is 20.9. The van der Waals surface area contributed by atoms with Crippen molar-refractivity contribution in [3.63, 3.8) is 0 Å². The lowest BCUT2D eigenvalue weighted by Crippen LogP contribution is -2.31. The fourth-order valence-corrected chi connectivity index (χ4v) is 3.94. The molecule has 0 bridgehead atoms. The van der Waals surface area contributed by atoms with Crippen LogP contribution in [0.25, 0.3) is 5.57 Å². The van der Waals surface area contributed by atoms with Gasteiger partial charge in [0.15, 0.2) is 0 Å². The lowest BCUT2D eigenvalue weighted by atomic mass is 10.0. The number of nitrogens with one attached hydrogen (secondary N) is 2. The molecule has 2 amide bonds. The standard InChI is InChI=1S/C27H34N4O4/c1-5-35-27(34)20-9-14-23-24(26(33)29-25(23)18-20)8-6-15-28-21-10-12-22(13-11-21)31(19(2)32)17-7-16-30(3)4/h8-14,18,28H,5-7,15-17H2,1-4H3,(H,29,33)/b24-8-. The first-order chi connectivity index (χ1) is 16.8.